The van der Waals surface area contributed by atoms with Crippen molar-refractivity contribution in [1.82, 2.24) is 4.98 Å². The fourth-order valence-electron chi connectivity index (χ4n) is 4.27. The van der Waals surface area contributed by atoms with Crippen LogP contribution in [0.3, 0.4) is 0 Å². The first-order valence-electron chi connectivity index (χ1n) is 11.1. The van der Waals surface area contributed by atoms with Gasteiger partial charge in [0.25, 0.3) is 0 Å². The molecule has 6 heteroatoms. The molecule has 0 radical (unpaired) electrons. The lowest BCUT2D eigenvalue weighted by Gasteiger charge is -2.18. The Hall–Kier alpha value is -2.70. The van der Waals surface area contributed by atoms with Gasteiger partial charge in [0.15, 0.2) is 0 Å². The monoisotopic (exact) mass is 462 g/mol. The SMILES string of the molecule is CCOc1ccc(CC(=O)Nc2sc3c(c2-c2nc4ccccc4s2)CCC(C)C3)cc1. The summed E-state index contributed by atoms with van der Waals surface area (Å²) >= 11 is 3.44. The van der Waals surface area contributed by atoms with Gasteiger partial charge < -0.3 is 10.1 Å². The predicted octanol–water partition coefficient (Wildman–Crippen LogP) is 6.73. The Labute approximate surface area is 196 Å². The van der Waals surface area contributed by atoms with E-state index >= 15 is 0 Å². The van der Waals surface area contributed by atoms with Crippen molar-refractivity contribution in [2.75, 3.05) is 11.9 Å². The largest absolute Gasteiger partial charge is 0.494 e. The molecule has 2 aromatic heterocycles. The number of nitrogens with zero attached hydrogens (tertiary/aromatic N) is 1. The van der Waals surface area contributed by atoms with E-state index in [1.165, 1.54) is 21.6 Å². The van der Waals surface area contributed by atoms with E-state index in [9.17, 15) is 4.79 Å². The Balaban J connectivity index is 1.44. The minimum Gasteiger partial charge on any atom is -0.494 e. The molecule has 1 unspecified atom stereocenters. The molecule has 0 saturated carbocycles. The van der Waals surface area contributed by atoms with Gasteiger partial charge in [-0.2, -0.15) is 0 Å². The predicted molar refractivity (Wildman–Crippen MR) is 134 cm³/mol. The fourth-order valence-corrected chi connectivity index (χ4v) is 6.81. The van der Waals surface area contributed by atoms with E-state index in [0.29, 0.717) is 18.9 Å². The fraction of sp³-hybridized carbons (Fsp3) is 0.308. The molecule has 1 amide bonds. The zero-order valence-corrected chi connectivity index (χ0v) is 19.9. The summed E-state index contributed by atoms with van der Waals surface area (Å²) in [5.74, 6) is 1.51. The maximum absolute atomic E-state index is 13.0. The molecule has 5 rings (SSSR count). The first-order chi connectivity index (χ1) is 15.6. The van der Waals surface area contributed by atoms with Gasteiger partial charge in [-0.1, -0.05) is 31.2 Å². The van der Waals surface area contributed by atoms with Crippen LogP contribution in [0, 0.1) is 5.92 Å². The maximum atomic E-state index is 13.0. The van der Waals surface area contributed by atoms with Gasteiger partial charge >= 0.3 is 0 Å². The van der Waals surface area contributed by atoms with Crippen LogP contribution in [0.1, 0.15) is 36.3 Å². The molecular formula is C26H26N2O2S2. The normalized spacial score (nSPS) is 15.5. The highest BCUT2D eigenvalue weighted by molar-refractivity contribution is 7.22. The summed E-state index contributed by atoms with van der Waals surface area (Å²) in [5, 5.41) is 5.18. The molecule has 0 saturated heterocycles. The molecule has 32 heavy (non-hydrogen) atoms. The van der Waals surface area contributed by atoms with Crippen molar-refractivity contribution in [3.8, 4) is 16.3 Å². The van der Waals surface area contributed by atoms with Crippen molar-refractivity contribution in [2.24, 2.45) is 5.92 Å². The molecule has 1 N–H and O–H groups in total. The Morgan fingerprint density at radius 2 is 1.97 bits per heavy atom. The summed E-state index contributed by atoms with van der Waals surface area (Å²) in [6.45, 7) is 4.91. The van der Waals surface area contributed by atoms with Crippen LogP contribution in [0.25, 0.3) is 20.8 Å². The van der Waals surface area contributed by atoms with Crippen molar-refractivity contribution < 1.29 is 9.53 Å². The molecule has 1 aliphatic carbocycles. The van der Waals surface area contributed by atoms with Crippen molar-refractivity contribution in [2.45, 2.75) is 39.5 Å². The van der Waals surface area contributed by atoms with Crippen LogP contribution in [0.2, 0.25) is 0 Å². The van der Waals surface area contributed by atoms with E-state index in [4.69, 9.17) is 9.72 Å². The van der Waals surface area contributed by atoms with Gasteiger partial charge in [-0.25, -0.2) is 4.98 Å². The summed E-state index contributed by atoms with van der Waals surface area (Å²) in [4.78, 5) is 19.3. The Morgan fingerprint density at radius 3 is 2.75 bits per heavy atom. The quantitative estimate of drug-likeness (QED) is 0.346. The number of amides is 1. The van der Waals surface area contributed by atoms with Crippen LogP contribution in [-0.2, 0) is 24.1 Å². The molecule has 0 spiro atoms. The number of fused-ring (bicyclic) bond motifs is 2. The summed E-state index contributed by atoms with van der Waals surface area (Å²) in [7, 11) is 0. The zero-order valence-electron chi connectivity index (χ0n) is 18.3. The number of aromatic nitrogens is 1. The minimum atomic E-state index is 0.00293. The number of hydrogen-bond donors (Lipinski definition) is 1. The molecule has 4 aromatic rings. The molecule has 2 aromatic carbocycles. The molecule has 0 bridgehead atoms. The van der Waals surface area contributed by atoms with E-state index in [2.05, 4.69) is 30.4 Å². The number of hydrogen-bond acceptors (Lipinski definition) is 5. The maximum Gasteiger partial charge on any atom is 0.229 e. The number of para-hydroxylation sites is 1. The summed E-state index contributed by atoms with van der Waals surface area (Å²) in [6.07, 6.45) is 3.64. The third-order valence-electron chi connectivity index (χ3n) is 5.87. The summed E-state index contributed by atoms with van der Waals surface area (Å²) in [6, 6.07) is 16.0. The van der Waals surface area contributed by atoms with E-state index in [1.807, 2.05) is 37.3 Å². The van der Waals surface area contributed by atoms with Gasteiger partial charge in [-0.3, -0.25) is 4.79 Å². The van der Waals surface area contributed by atoms with E-state index in [1.54, 1.807) is 22.7 Å². The highest BCUT2D eigenvalue weighted by Gasteiger charge is 2.27. The van der Waals surface area contributed by atoms with Crippen LogP contribution in [0.5, 0.6) is 5.75 Å². The second kappa shape index (κ2) is 9.04. The average molecular weight is 463 g/mol. The standard InChI is InChI=1S/C26H26N2O2S2/c1-3-30-18-11-9-17(10-12-18)15-23(29)28-26-24(19-13-8-16(2)14-22(19)32-26)25-27-20-6-4-5-7-21(20)31-25/h4-7,9-12,16H,3,8,13-15H2,1-2H3,(H,28,29). The molecule has 0 aliphatic heterocycles. The van der Waals surface area contributed by atoms with Crippen molar-refractivity contribution in [1.29, 1.82) is 0 Å². The zero-order chi connectivity index (χ0) is 22.1. The number of nitrogens with one attached hydrogen (secondary N) is 1. The van der Waals surface area contributed by atoms with Gasteiger partial charge in [-0.15, -0.1) is 22.7 Å². The highest BCUT2D eigenvalue weighted by atomic mass is 32.1. The molecule has 1 atom stereocenters. The lowest BCUT2D eigenvalue weighted by Crippen LogP contribution is -2.14. The molecular weight excluding hydrogens is 436 g/mol. The van der Waals surface area contributed by atoms with Crippen LogP contribution in [0.4, 0.5) is 5.00 Å². The van der Waals surface area contributed by atoms with Crippen LogP contribution >= 0.6 is 22.7 Å². The number of thiazole rings is 1. The molecule has 164 valence electrons. The van der Waals surface area contributed by atoms with E-state index in [-0.39, 0.29) is 5.91 Å². The number of thiophene rings is 1. The van der Waals surface area contributed by atoms with E-state index in [0.717, 1.165) is 45.2 Å². The molecule has 0 fully saturated rings. The van der Waals surface area contributed by atoms with Gasteiger partial charge in [0.2, 0.25) is 5.91 Å². The summed E-state index contributed by atoms with van der Waals surface area (Å²) in [5.41, 5.74) is 4.51. The summed E-state index contributed by atoms with van der Waals surface area (Å²) < 4.78 is 6.68. The van der Waals surface area contributed by atoms with E-state index < -0.39 is 0 Å². The topological polar surface area (TPSA) is 51.2 Å². The second-order valence-corrected chi connectivity index (χ2v) is 10.5. The van der Waals surface area contributed by atoms with Crippen LogP contribution < -0.4 is 10.1 Å². The average Bonchev–Trinajstić information content (AvgIpc) is 3.35. The number of ether oxygens (including phenoxy) is 1. The van der Waals surface area contributed by atoms with Gasteiger partial charge in [0.05, 0.1) is 23.2 Å². The van der Waals surface area contributed by atoms with Crippen LogP contribution in [0.15, 0.2) is 48.5 Å². The third kappa shape index (κ3) is 4.30. The Morgan fingerprint density at radius 1 is 1.16 bits per heavy atom. The minimum absolute atomic E-state index is 0.00293. The number of rotatable bonds is 6. The Bertz CT molecular complexity index is 1220. The van der Waals surface area contributed by atoms with Crippen molar-refractivity contribution in [3.05, 3.63) is 64.5 Å². The first-order valence-corrected chi connectivity index (χ1v) is 12.8. The smallest absolute Gasteiger partial charge is 0.229 e. The van der Waals surface area contributed by atoms with Gasteiger partial charge in [0, 0.05) is 10.4 Å². The number of benzene rings is 2. The lowest BCUT2D eigenvalue weighted by molar-refractivity contribution is -0.115. The third-order valence-corrected chi connectivity index (χ3v) is 8.10. The van der Waals surface area contributed by atoms with Crippen LogP contribution in [-0.4, -0.2) is 17.5 Å². The van der Waals surface area contributed by atoms with Gasteiger partial charge in [0.1, 0.15) is 15.8 Å². The van der Waals surface area contributed by atoms with Gasteiger partial charge in [-0.05, 0) is 67.5 Å². The highest BCUT2D eigenvalue weighted by Crippen LogP contribution is 2.47. The number of anilines is 1. The molecule has 2 heterocycles. The number of carbonyl (C=O) groups is 1. The molecule has 1 aliphatic rings. The number of carbonyl (C=O) groups excluding carboxylic acids is 1. The van der Waals surface area contributed by atoms with Crippen molar-refractivity contribution >= 4 is 43.8 Å². The second-order valence-electron chi connectivity index (χ2n) is 8.34. The Kier molecular flexibility index (Phi) is 5.98. The lowest BCUT2D eigenvalue weighted by atomic mass is 9.88. The first kappa shape index (κ1) is 21.2. The molecule has 4 nitrogen and oxygen atoms in total. The van der Waals surface area contributed by atoms with Crippen molar-refractivity contribution in [3.63, 3.8) is 0 Å².